The predicted molar refractivity (Wildman–Crippen MR) is 129 cm³/mol. The highest BCUT2D eigenvalue weighted by molar-refractivity contribution is 5.68. The first-order valence-corrected chi connectivity index (χ1v) is 11.7. The van der Waals surface area contributed by atoms with Gasteiger partial charge in [-0.05, 0) is 59.2 Å². The lowest BCUT2D eigenvalue weighted by Gasteiger charge is -2.22. The van der Waals surface area contributed by atoms with Crippen LogP contribution in [0.3, 0.4) is 0 Å². The quantitative estimate of drug-likeness (QED) is 0.572. The fourth-order valence-electron chi connectivity index (χ4n) is 3.52. The lowest BCUT2D eigenvalue weighted by molar-refractivity contribution is 0.0253. The van der Waals surface area contributed by atoms with E-state index in [1.807, 2.05) is 52.0 Å². The van der Waals surface area contributed by atoms with Gasteiger partial charge in [-0.25, -0.2) is 9.78 Å². The number of ether oxygens (including phenoxy) is 3. The molecule has 1 amide bonds. The second-order valence-corrected chi connectivity index (χ2v) is 10.3. The van der Waals surface area contributed by atoms with Crippen molar-refractivity contribution in [1.82, 2.24) is 15.3 Å². The normalized spacial score (nSPS) is 17.1. The van der Waals surface area contributed by atoms with Gasteiger partial charge in [0.2, 0.25) is 5.82 Å². The molecular formula is C25H35FN4O5. The minimum absolute atomic E-state index is 0.0893. The lowest BCUT2D eigenvalue weighted by atomic mass is 10.1. The van der Waals surface area contributed by atoms with Crippen molar-refractivity contribution in [1.29, 1.82) is 0 Å². The Balaban J connectivity index is 1.55. The number of benzene rings is 1. The van der Waals surface area contributed by atoms with Crippen LogP contribution in [-0.4, -0.2) is 58.2 Å². The first-order valence-electron chi connectivity index (χ1n) is 11.7. The van der Waals surface area contributed by atoms with Crippen molar-refractivity contribution < 1.29 is 28.5 Å². The van der Waals surface area contributed by atoms with Gasteiger partial charge in [-0.15, -0.1) is 0 Å². The van der Waals surface area contributed by atoms with Gasteiger partial charge in [0.1, 0.15) is 30.4 Å². The highest BCUT2D eigenvalue weighted by Crippen LogP contribution is 2.28. The van der Waals surface area contributed by atoms with E-state index in [1.54, 1.807) is 18.7 Å². The topological polar surface area (TPSA) is 106 Å². The number of carbonyl (C=O) groups excluding carboxylic acids is 1. The lowest BCUT2D eigenvalue weighted by Crippen LogP contribution is -2.34. The van der Waals surface area contributed by atoms with Gasteiger partial charge in [-0.1, -0.05) is 12.1 Å². The molecule has 10 heteroatoms. The van der Waals surface area contributed by atoms with Gasteiger partial charge >= 0.3 is 6.09 Å². The molecule has 1 fully saturated rings. The van der Waals surface area contributed by atoms with Crippen LogP contribution in [0.15, 0.2) is 30.6 Å². The van der Waals surface area contributed by atoms with E-state index in [0.29, 0.717) is 25.3 Å². The fourth-order valence-corrected chi connectivity index (χ4v) is 3.52. The zero-order chi connectivity index (χ0) is 25.8. The Morgan fingerprint density at radius 3 is 2.54 bits per heavy atom. The summed E-state index contributed by atoms with van der Waals surface area (Å²) in [6.45, 7) is 11.4. The molecule has 2 heterocycles. The third kappa shape index (κ3) is 7.95. The Morgan fingerprint density at radius 1 is 1.23 bits per heavy atom. The van der Waals surface area contributed by atoms with E-state index in [2.05, 4.69) is 15.3 Å². The molecule has 2 atom stereocenters. The zero-order valence-corrected chi connectivity index (χ0v) is 21.2. The molecule has 1 aliphatic rings. The number of amides is 1. The maximum absolute atomic E-state index is 14.9. The monoisotopic (exact) mass is 490 g/mol. The van der Waals surface area contributed by atoms with Crippen LogP contribution in [0, 0.1) is 5.82 Å². The van der Waals surface area contributed by atoms with Crippen LogP contribution in [0.5, 0.6) is 11.6 Å². The number of nitrogens with zero attached hydrogens (tertiary/aromatic N) is 3. The van der Waals surface area contributed by atoms with Crippen LogP contribution in [0.1, 0.15) is 59.6 Å². The number of anilines is 1. The maximum atomic E-state index is 14.9. The van der Waals surface area contributed by atoms with Crippen LogP contribution < -0.4 is 19.7 Å². The highest BCUT2D eigenvalue weighted by Gasteiger charge is 2.29. The molecule has 1 saturated heterocycles. The minimum atomic E-state index is -1.11. The molecule has 0 spiro atoms. The molecule has 35 heavy (non-hydrogen) atoms. The fraction of sp³-hybridized carbons (Fsp3) is 0.560. The standard InChI is InChI=1S/C25H35FN4O5/c1-16(29-23(31)35-24(2,3)4)17-7-9-18(10-8-17)34-19-11-12-30(13-19)21-20(26)22(28-15-27-21)33-14-25(5,6)32/h7-10,15-16,19,32H,11-14H2,1-6H3,(H,29,31)/t16-,19+/m0/s1. The largest absolute Gasteiger partial charge is 0.489 e. The number of nitrogens with one attached hydrogen (secondary N) is 1. The summed E-state index contributed by atoms with van der Waals surface area (Å²) in [5.74, 6) is -0.0175. The van der Waals surface area contributed by atoms with Crippen LogP contribution >= 0.6 is 0 Å². The molecule has 2 aromatic rings. The Labute approximate surface area is 205 Å². The number of rotatable bonds is 8. The average molecular weight is 491 g/mol. The van der Waals surface area contributed by atoms with E-state index in [0.717, 1.165) is 5.56 Å². The molecule has 0 aliphatic carbocycles. The molecule has 0 radical (unpaired) electrons. The second kappa shape index (κ2) is 10.6. The molecule has 3 rings (SSSR count). The maximum Gasteiger partial charge on any atom is 0.408 e. The summed E-state index contributed by atoms with van der Waals surface area (Å²) in [4.78, 5) is 21.7. The smallest absolute Gasteiger partial charge is 0.408 e. The summed E-state index contributed by atoms with van der Waals surface area (Å²) in [5.41, 5.74) is -0.752. The van der Waals surface area contributed by atoms with Gasteiger partial charge in [0.05, 0.1) is 18.2 Å². The van der Waals surface area contributed by atoms with Gasteiger partial charge in [0.15, 0.2) is 5.82 Å². The van der Waals surface area contributed by atoms with E-state index in [4.69, 9.17) is 14.2 Å². The summed E-state index contributed by atoms with van der Waals surface area (Å²) < 4.78 is 31.6. The molecule has 9 nitrogen and oxygen atoms in total. The van der Waals surface area contributed by atoms with Crippen LogP contribution in [0.2, 0.25) is 0 Å². The van der Waals surface area contributed by atoms with Crippen molar-refractivity contribution in [3.63, 3.8) is 0 Å². The third-order valence-corrected chi connectivity index (χ3v) is 5.16. The van der Waals surface area contributed by atoms with E-state index >= 15 is 0 Å². The van der Waals surface area contributed by atoms with Crippen molar-refractivity contribution in [3.05, 3.63) is 42.0 Å². The number of carbonyl (C=O) groups is 1. The van der Waals surface area contributed by atoms with E-state index < -0.39 is 23.1 Å². The highest BCUT2D eigenvalue weighted by atomic mass is 19.1. The van der Waals surface area contributed by atoms with Gasteiger partial charge in [-0.2, -0.15) is 9.37 Å². The summed E-state index contributed by atoms with van der Waals surface area (Å²) in [6.07, 6.45) is 1.33. The van der Waals surface area contributed by atoms with Crippen LogP contribution in [0.4, 0.5) is 15.0 Å². The molecule has 1 aromatic heterocycles. The first kappa shape index (κ1) is 26.5. The second-order valence-electron chi connectivity index (χ2n) is 10.3. The van der Waals surface area contributed by atoms with Crippen molar-refractivity contribution in [2.24, 2.45) is 0 Å². The van der Waals surface area contributed by atoms with E-state index in [9.17, 15) is 14.3 Å². The van der Waals surface area contributed by atoms with Gasteiger partial charge < -0.3 is 29.5 Å². The molecule has 1 aromatic carbocycles. The Bertz CT molecular complexity index is 1000. The van der Waals surface area contributed by atoms with E-state index in [1.165, 1.54) is 6.33 Å². The molecule has 2 N–H and O–H groups in total. The molecule has 0 unspecified atom stereocenters. The Kier molecular flexibility index (Phi) is 8.04. The Hall–Kier alpha value is -3.14. The zero-order valence-electron chi connectivity index (χ0n) is 21.2. The van der Waals surface area contributed by atoms with Crippen molar-refractivity contribution in [3.8, 4) is 11.6 Å². The number of hydrogen-bond donors (Lipinski definition) is 2. The SMILES string of the molecule is C[C@H](NC(=O)OC(C)(C)C)c1ccc(O[C@@H]2CCN(c3ncnc(OCC(C)(C)O)c3F)C2)cc1. The van der Waals surface area contributed by atoms with Crippen molar-refractivity contribution in [2.45, 2.75) is 71.3 Å². The van der Waals surface area contributed by atoms with Gasteiger partial charge in [-0.3, -0.25) is 0 Å². The van der Waals surface area contributed by atoms with Crippen molar-refractivity contribution in [2.75, 3.05) is 24.6 Å². The minimum Gasteiger partial charge on any atom is -0.489 e. The number of aliphatic hydroxyl groups is 1. The number of halogens is 1. The summed E-state index contributed by atoms with van der Waals surface area (Å²) in [7, 11) is 0. The van der Waals surface area contributed by atoms with E-state index in [-0.39, 0.29) is 30.5 Å². The first-order chi connectivity index (χ1) is 16.3. The molecule has 0 bridgehead atoms. The molecular weight excluding hydrogens is 455 g/mol. The van der Waals surface area contributed by atoms with Gasteiger partial charge in [0.25, 0.3) is 5.88 Å². The van der Waals surface area contributed by atoms with Crippen molar-refractivity contribution >= 4 is 11.9 Å². The predicted octanol–water partition coefficient (Wildman–Crippen LogP) is 4.01. The third-order valence-electron chi connectivity index (χ3n) is 5.16. The summed E-state index contributed by atoms with van der Waals surface area (Å²) >= 11 is 0. The molecule has 1 aliphatic heterocycles. The number of alkyl carbamates (subject to hydrolysis) is 1. The van der Waals surface area contributed by atoms with Gasteiger partial charge in [0, 0.05) is 13.0 Å². The molecule has 0 saturated carbocycles. The summed E-state index contributed by atoms with van der Waals surface area (Å²) in [6, 6.07) is 7.24. The van der Waals surface area contributed by atoms with Crippen LogP contribution in [-0.2, 0) is 4.74 Å². The summed E-state index contributed by atoms with van der Waals surface area (Å²) in [5, 5.41) is 12.6. The average Bonchev–Trinajstić information content (AvgIpc) is 3.19. The molecule has 192 valence electrons. The van der Waals surface area contributed by atoms with Crippen LogP contribution in [0.25, 0.3) is 0 Å². The number of hydrogen-bond acceptors (Lipinski definition) is 8. The number of aromatic nitrogens is 2. The Morgan fingerprint density at radius 2 is 1.91 bits per heavy atom.